The summed E-state index contributed by atoms with van der Waals surface area (Å²) < 4.78 is 11.8. The van der Waals surface area contributed by atoms with Crippen LogP contribution in [-0.2, 0) is 14.3 Å². The van der Waals surface area contributed by atoms with Gasteiger partial charge in [-0.25, -0.2) is 0 Å². The number of benzene rings is 1. The van der Waals surface area contributed by atoms with Crippen molar-refractivity contribution < 1.29 is 19.1 Å². The highest BCUT2D eigenvalue weighted by molar-refractivity contribution is 5.83. The Labute approximate surface area is 271 Å². The van der Waals surface area contributed by atoms with Gasteiger partial charge in [0.25, 0.3) is 0 Å². The van der Waals surface area contributed by atoms with E-state index in [2.05, 4.69) is 13.8 Å². The van der Waals surface area contributed by atoms with E-state index in [9.17, 15) is 9.59 Å². The third-order valence-corrected chi connectivity index (χ3v) is 9.07. The van der Waals surface area contributed by atoms with Gasteiger partial charge in [0, 0.05) is 18.5 Å². The molecule has 1 amide bonds. The Kier molecular flexibility index (Phi) is 22.7. The first-order valence-corrected chi connectivity index (χ1v) is 18.9. The lowest BCUT2D eigenvalue weighted by molar-refractivity contribution is -0.160. The van der Waals surface area contributed by atoms with Crippen LogP contribution >= 0.6 is 0 Å². The minimum atomic E-state index is -0.643. The number of amides is 1. The molecule has 252 valence electrons. The summed E-state index contributed by atoms with van der Waals surface area (Å²) in [6.45, 7) is 5.89. The smallest absolute Gasteiger partial charge is 0.308 e. The first-order valence-electron chi connectivity index (χ1n) is 18.9. The van der Waals surface area contributed by atoms with Crippen molar-refractivity contribution in [2.45, 2.75) is 187 Å². The second-order valence-corrected chi connectivity index (χ2v) is 13.1. The molecule has 1 unspecified atom stereocenters. The number of unbranched alkanes of at least 4 members (excludes halogenated alkanes) is 22. The molecule has 2 rings (SSSR count). The standard InChI is InChI=1S/C39H67NO4/c1-3-5-7-9-11-13-15-17-19-21-23-25-33-40-37(41)31-32-38(42)44-39(40)35-27-29-36(30-28-35)43-34-26-24-22-20-18-16-14-12-10-8-6-4-2/h27-30,39H,3-26,31-34H2,1-2H3. The van der Waals surface area contributed by atoms with Gasteiger partial charge >= 0.3 is 5.97 Å². The van der Waals surface area contributed by atoms with E-state index in [1.807, 2.05) is 24.3 Å². The van der Waals surface area contributed by atoms with Crippen molar-refractivity contribution in [3.8, 4) is 5.75 Å². The quantitative estimate of drug-likeness (QED) is 0.0697. The summed E-state index contributed by atoms with van der Waals surface area (Å²) >= 11 is 0. The van der Waals surface area contributed by atoms with Crippen LogP contribution in [0.1, 0.15) is 193 Å². The van der Waals surface area contributed by atoms with Crippen LogP contribution in [0.5, 0.6) is 5.75 Å². The normalized spacial score (nSPS) is 15.4. The van der Waals surface area contributed by atoms with Gasteiger partial charge in [0.1, 0.15) is 5.75 Å². The predicted octanol–water partition coefficient (Wildman–Crippen LogP) is 11.6. The van der Waals surface area contributed by atoms with Gasteiger partial charge in [-0.05, 0) is 37.1 Å². The zero-order valence-electron chi connectivity index (χ0n) is 28.8. The number of hydrogen-bond donors (Lipinski definition) is 0. The molecule has 1 aliphatic rings. The second kappa shape index (κ2) is 26.2. The fraction of sp³-hybridized carbons (Fsp3) is 0.795. The zero-order chi connectivity index (χ0) is 31.5. The average Bonchev–Trinajstić information content (AvgIpc) is 3.17. The zero-order valence-corrected chi connectivity index (χ0v) is 28.8. The molecule has 0 N–H and O–H groups in total. The number of rotatable bonds is 28. The third-order valence-electron chi connectivity index (χ3n) is 9.07. The topological polar surface area (TPSA) is 55.8 Å². The molecular formula is C39H67NO4. The van der Waals surface area contributed by atoms with Crippen molar-refractivity contribution in [2.24, 2.45) is 0 Å². The summed E-state index contributed by atoms with van der Waals surface area (Å²) in [5.41, 5.74) is 0.838. The first-order chi connectivity index (χ1) is 21.7. The Morgan fingerprint density at radius 2 is 1.02 bits per heavy atom. The van der Waals surface area contributed by atoms with Crippen molar-refractivity contribution in [1.82, 2.24) is 4.90 Å². The molecular weight excluding hydrogens is 546 g/mol. The van der Waals surface area contributed by atoms with E-state index in [0.29, 0.717) is 6.54 Å². The molecule has 0 radical (unpaired) electrons. The van der Waals surface area contributed by atoms with Gasteiger partial charge in [-0.2, -0.15) is 0 Å². The highest BCUT2D eigenvalue weighted by Gasteiger charge is 2.31. The van der Waals surface area contributed by atoms with Gasteiger partial charge in [0.05, 0.1) is 13.0 Å². The van der Waals surface area contributed by atoms with Crippen LogP contribution in [0.15, 0.2) is 24.3 Å². The number of nitrogens with zero attached hydrogens (tertiary/aromatic N) is 1. The Hall–Kier alpha value is -2.04. The van der Waals surface area contributed by atoms with Gasteiger partial charge < -0.3 is 14.4 Å². The van der Waals surface area contributed by atoms with Gasteiger partial charge in [-0.15, -0.1) is 0 Å². The number of carbonyl (C=O) groups is 2. The van der Waals surface area contributed by atoms with E-state index in [-0.39, 0.29) is 24.7 Å². The van der Waals surface area contributed by atoms with Crippen LogP contribution in [-0.4, -0.2) is 29.9 Å². The summed E-state index contributed by atoms with van der Waals surface area (Å²) in [4.78, 5) is 27.1. The van der Waals surface area contributed by atoms with Crippen LogP contribution in [0.25, 0.3) is 0 Å². The number of ether oxygens (including phenoxy) is 2. The van der Waals surface area contributed by atoms with E-state index < -0.39 is 6.23 Å². The molecule has 1 aromatic carbocycles. The molecule has 0 spiro atoms. The van der Waals surface area contributed by atoms with Gasteiger partial charge in [-0.1, -0.05) is 155 Å². The summed E-state index contributed by atoms with van der Waals surface area (Å²) in [6.07, 6.45) is 31.1. The lowest BCUT2D eigenvalue weighted by atomic mass is 10.0. The molecule has 1 heterocycles. The maximum atomic E-state index is 13.0. The van der Waals surface area contributed by atoms with Crippen molar-refractivity contribution in [3.05, 3.63) is 29.8 Å². The molecule has 1 fully saturated rings. The second-order valence-electron chi connectivity index (χ2n) is 13.1. The fourth-order valence-corrected chi connectivity index (χ4v) is 6.21. The van der Waals surface area contributed by atoms with E-state index >= 15 is 0 Å². The minimum Gasteiger partial charge on any atom is -0.494 e. The predicted molar refractivity (Wildman–Crippen MR) is 184 cm³/mol. The Bertz CT molecular complexity index is 839. The average molecular weight is 614 g/mol. The van der Waals surface area contributed by atoms with Crippen molar-refractivity contribution >= 4 is 11.9 Å². The van der Waals surface area contributed by atoms with Crippen molar-refractivity contribution in [3.63, 3.8) is 0 Å². The molecule has 0 aliphatic carbocycles. The summed E-state index contributed by atoms with van der Waals surface area (Å²) in [5.74, 6) is 0.541. The maximum absolute atomic E-state index is 13.0. The van der Waals surface area contributed by atoms with Gasteiger partial charge in [0.15, 0.2) is 0 Å². The minimum absolute atomic E-state index is 0.0104. The molecule has 1 aromatic rings. The SMILES string of the molecule is CCCCCCCCCCCCCCOc1ccc(C2OC(=O)CCC(=O)N2CCCCCCCCCCCCCC)cc1. The van der Waals surface area contributed by atoms with Crippen molar-refractivity contribution in [1.29, 1.82) is 0 Å². The molecule has 1 atom stereocenters. The monoisotopic (exact) mass is 614 g/mol. The molecule has 0 bridgehead atoms. The highest BCUT2D eigenvalue weighted by Crippen LogP contribution is 2.29. The molecule has 1 saturated heterocycles. The van der Waals surface area contributed by atoms with Gasteiger partial charge in [0.2, 0.25) is 12.1 Å². The lowest BCUT2D eigenvalue weighted by Gasteiger charge is -2.29. The molecule has 1 aliphatic heterocycles. The molecule has 5 heteroatoms. The van der Waals surface area contributed by atoms with Crippen LogP contribution < -0.4 is 4.74 Å². The molecule has 5 nitrogen and oxygen atoms in total. The van der Waals surface area contributed by atoms with E-state index in [0.717, 1.165) is 37.2 Å². The largest absolute Gasteiger partial charge is 0.494 e. The van der Waals surface area contributed by atoms with Crippen LogP contribution in [0.2, 0.25) is 0 Å². The van der Waals surface area contributed by atoms with E-state index in [4.69, 9.17) is 9.47 Å². The van der Waals surface area contributed by atoms with Crippen LogP contribution in [0.4, 0.5) is 0 Å². The highest BCUT2D eigenvalue weighted by atomic mass is 16.6. The fourth-order valence-electron chi connectivity index (χ4n) is 6.21. The number of carbonyl (C=O) groups excluding carboxylic acids is 2. The summed E-state index contributed by atoms with van der Waals surface area (Å²) in [7, 11) is 0. The van der Waals surface area contributed by atoms with Gasteiger partial charge in [-0.3, -0.25) is 9.59 Å². The molecule has 44 heavy (non-hydrogen) atoms. The van der Waals surface area contributed by atoms with Crippen LogP contribution in [0.3, 0.4) is 0 Å². The van der Waals surface area contributed by atoms with E-state index in [1.54, 1.807) is 4.90 Å². The third kappa shape index (κ3) is 18.1. The Morgan fingerprint density at radius 3 is 1.50 bits per heavy atom. The number of hydrogen-bond acceptors (Lipinski definition) is 4. The molecule has 0 aromatic heterocycles. The lowest BCUT2D eigenvalue weighted by Crippen LogP contribution is -2.35. The number of cyclic esters (lactones) is 1. The maximum Gasteiger partial charge on any atom is 0.308 e. The first kappa shape index (κ1) is 38.1. The van der Waals surface area contributed by atoms with Crippen LogP contribution in [0, 0.1) is 0 Å². The van der Waals surface area contributed by atoms with E-state index in [1.165, 1.54) is 135 Å². The Balaban J connectivity index is 1.63. The summed E-state index contributed by atoms with van der Waals surface area (Å²) in [5, 5.41) is 0. The molecule has 0 saturated carbocycles. The Morgan fingerprint density at radius 1 is 0.591 bits per heavy atom. The van der Waals surface area contributed by atoms with Crippen molar-refractivity contribution in [2.75, 3.05) is 13.2 Å². The summed E-state index contributed by atoms with van der Waals surface area (Å²) in [6, 6.07) is 7.79. The number of esters is 1.